The van der Waals surface area contributed by atoms with Gasteiger partial charge in [0.2, 0.25) is 0 Å². The van der Waals surface area contributed by atoms with Gasteiger partial charge in [-0.1, -0.05) is 0 Å². The first-order valence-corrected chi connectivity index (χ1v) is 4.61. The molecule has 0 saturated carbocycles. The van der Waals surface area contributed by atoms with Crippen LogP contribution in [-0.4, -0.2) is 52.7 Å². The molecule has 2 fully saturated rings. The van der Waals surface area contributed by atoms with E-state index in [1.165, 1.54) is 0 Å². The highest BCUT2D eigenvalue weighted by Crippen LogP contribution is 2.28. The lowest BCUT2D eigenvalue weighted by Gasteiger charge is -2.46. The van der Waals surface area contributed by atoms with E-state index in [0.29, 0.717) is 12.0 Å². The summed E-state index contributed by atoms with van der Waals surface area (Å²) in [5.74, 6) is 0.583. The molecule has 0 amide bonds. The number of likely N-dealkylation sites (tertiary alicyclic amines) is 1. The van der Waals surface area contributed by atoms with E-state index in [4.69, 9.17) is 4.74 Å². The Balaban J connectivity index is 1.57. The minimum absolute atomic E-state index is 0.583. The number of aromatic amines is 1. The highest BCUT2D eigenvalue weighted by molar-refractivity contribution is 5.09. The van der Waals surface area contributed by atoms with Gasteiger partial charge in [0.05, 0.1) is 31.1 Å². The van der Waals surface area contributed by atoms with Gasteiger partial charge in [0.1, 0.15) is 0 Å². The van der Waals surface area contributed by atoms with Gasteiger partial charge in [-0.25, -0.2) is 0 Å². The zero-order chi connectivity index (χ0) is 8.67. The zero-order valence-electron chi connectivity index (χ0n) is 7.31. The Morgan fingerprint density at radius 1 is 1.46 bits per heavy atom. The number of ether oxygens (including phenoxy) is 1. The molecule has 2 aliphatic heterocycles. The van der Waals surface area contributed by atoms with E-state index in [1.54, 1.807) is 0 Å². The van der Waals surface area contributed by atoms with E-state index in [1.807, 2.05) is 6.20 Å². The molecule has 0 radical (unpaired) electrons. The van der Waals surface area contributed by atoms with E-state index < -0.39 is 0 Å². The van der Waals surface area contributed by atoms with Gasteiger partial charge in [0.25, 0.3) is 0 Å². The average molecular weight is 180 g/mol. The molecule has 2 saturated heterocycles. The molecule has 2 aliphatic rings. The lowest BCUT2D eigenvalue weighted by atomic mass is 9.94. The smallest absolute Gasteiger partial charge is 0.0881 e. The van der Waals surface area contributed by atoms with Crippen molar-refractivity contribution in [2.75, 3.05) is 26.3 Å². The van der Waals surface area contributed by atoms with Crippen LogP contribution in [0.2, 0.25) is 0 Å². The molecule has 0 atom stereocenters. The molecule has 3 rings (SSSR count). The van der Waals surface area contributed by atoms with Crippen LogP contribution in [0, 0.1) is 0 Å². The standard InChI is InChI=1S/C8H12N4O/c1-8(10-11-9-1)6-2-12(3-6)7-4-13-5-7/h1,6-7H,2-5H2,(H,9,10,11). The number of aromatic nitrogens is 3. The molecule has 13 heavy (non-hydrogen) atoms. The SMILES string of the molecule is c1n[nH]nc1C1CN(C2COC2)C1. The van der Waals surface area contributed by atoms with Crippen LogP contribution in [0.15, 0.2) is 6.20 Å². The normalized spacial score (nSPS) is 25.5. The van der Waals surface area contributed by atoms with Crippen LogP contribution in [0.1, 0.15) is 11.6 Å². The summed E-state index contributed by atoms with van der Waals surface area (Å²) >= 11 is 0. The van der Waals surface area contributed by atoms with Crippen LogP contribution < -0.4 is 0 Å². The predicted octanol–water partition coefficient (Wildman–Crippen LogP) is -0.397. The lowest BCUT2D eigenvalue weighted by Crippen LogP contribution is -2.58. The molecule has 5 nitrogen and oxygen atoms in total. The van der Waals surface area contributed by atoms with Crippen LogP contribution in [0.5, 0.6) is 0 Å². The number of nitrogens with one attached hydrogen (secondary N) is 1. The Kier molecular flexibility index (Phi) is 1.60. The molecule has 70 valence electrons. The van der Waals surface area contributed by atoms with Crippen LogP contribution >= 0.6 is 0 Å². The summed E-state index contributed by atoms with van der Waals surface area (Å²) in [5.41, 5.74) is 1.09. The molecule has 1 aromatic rings. The first-order chi connectivity index (χ1) is 6.43. The van der Waals surface area contributed by atoms with Crippen molar-refractivity contribution in [1.29, 1.82) is 0 Å². The second-order valence-electron chi connectivity index (χ2n) is 3.74. The molecule has 1 aromatic heterocycles. The zero-order valence-corrected chi connectivity index (χ0v) is 7.31. The van der Waals surface area contributed by atoms with Crippen molar-refractivity contribution in [2.24, 2.45) is 0 Å². The Morgan fingerprint density at radius 3 is 2.85 bits per heavy atom. The molecule has 5 heteroatoms. The number of rotatable bonds is 2. The molecule has 3 heterocycles. The summed E-state index contributed by atoms with van der Waals surface area (Å²) in [5, 5.41) is 10.5. The van der Waals surface area contributed by atoms with Crippen molar-refractivity contribution in [3.63, 3.8) is 0 Å². The second-order valence-corrected chi connectivity index (χ2v) is 3.74. The molecule has 0 bridgehead atoms. The van der Waals surface area contributed by atoms with Crippen molar-refractivity contribution in [3.05, 3.63) is 11.9 Å². The molecule has 1 N–H and O–H groups in total. The molecular formula is C8H12N4O. The predicted molar refractivity (Wildman–Crippen MR) is 45.3 cm³/mol. The summed E-state index contributed by atoms with van der Waals surface area (Å²) < 4.78 is 5.14. The fourth-order valence-electron chi connectivity index (χ4n) is 1.84. The summed E-state index contributed by atoms with van der Waals surface area (Å²) in [6.45, 7) is 4.04. The average Bonchev–Trinajstić information content (AvgIpc) is 2.42. The van der Waals surface area contributed by atoms with Crippen molar-refractivity contribution >= 4 is 0 Å². The summed E-state index contributed by atoms with van der Waals surface area (Å²) in [6.07, 6.45) is 1.82. The molecular weight excluding hydrogens is 168 g/mol. The van der Waals surface area contributed by atoms with Gasteiger partial charge in [-0.15, -0.1) is 0 Å². The van der Waals surface area contributed by atoms with E-state index in [2.05, 4.69) is 20.3 Å². The van der Waals surface area contributed by atoms with Crippen molar-refractivity contribution in [1.82, 2.24) is 20.3 Å². The topological polar surface area (TPSA) is 54.0 Å². The maximum absolute atomic E-state index is 5.14. The third kappa shape index (κ3) is 1.15. The Bertz CT molecular complexity index is 276. The van der Waals surface area contributed by atoms with Gasteiger partial charge in [-0.2, -0.15) is 15.4 Å². The van der Waals surface area contributed by atoms with Crippen molar-refractivity contribution < 1.29 is 4.74 Å². The molecule has 0 spiro atoms. The number of nitrogens with zero attached hydrogens (tertiary/aromatic N) is 3. The Hall–Kier alpha value is -0.940. The van der Waals surface area contributed by atoms with Gasteiger partial charge in [-0.3, -0.25) is 4.90 Å². The Morgan fingerprint density at radius 2 is 2.31 bits per heavy atom. The highest BCUT2D eigenvalue weighted by atomic mass is 16.5. The quantitative estimate of drug-likeness (QED) is 0.673. The van der Waals surface area contributed by atoms with E-state index in [0.717, 1.165) is 32.0 Å². The van der Waals surface area contributed by atoms with Crippen molar-refractivity contribution in [2.45, 2.75) is 12.0 Å². The van der Waals surface area contributed by atoms with Crippen LogP contribution in [-0.2, 0) is 4.74 Å². The fraction of sp³-hybridized carbons (Fsp3) is 0.750. The maximum atomic E-state index is 5.14. The van der Waals surface area contributed by atoms with Gasteiger partial charge in [0, 0.05) is 19.0 Å². The maximum Gasteiger partial charge on any atom is 0.0881 e. The second kappa shape index (κ2) is 2.78. The van der Waals surface area contributed by atoms with Gasteiger partial charge < -0.3 is 4.74 Å². The van der Waals surface area contributed by atoms with E-state index in [-0.39, 0.29) is 0 Å². The van der Waals surface area contributed by atoms with E-state index in [9.17, 15) is 0 Å². The molecule has 0 aromatic carbocycles. The van der Waals surface area contributed by atoms with Crippen LogP contribution in [0.3, 0.4) is 0 Å². The third-order valence-corrected chi connectivity index (χ3v) is 2.90. The summed E-state index contributed by atoms with van der Waals surface area (Å²) in [7, 11) is 0. The third-order valence-electron chi connectivity index (χ3n) is 2.90. The van der Waals surface area contributed by atoms with Crippen LogP contribution in [0.25, 0.3) is 0 Å². The largest absolute Gasteiger partial charge is 0.378 e. The first kappa shape index (κ1) is 7.46. The number of hydrogen-bond acceptors (Lipinski definition) is 4. The van der Waals surface area contributed by atoms with Gasteiger partial charge >= 0.3 is 0 Å². The lowest BCUT2D eigenvalue weighted by molar-refractivity contribution is -0.0909. The highest BCUT2D eigenvalue weighted by Gasteiger charge is 2.37. The fourth-order valence-corrected chi connectivity index (χ4v) is 1.84. The van der Waals surface area contributed by atoms with Gasteiger partial charge in [0.15, 0.2) is 0 Å². The van der Waals surface area contributed by atoms with Crippen LogP contribution in [0.4, 0.5) is 0 Å². The Labute approximate surface area is 76.1 Å². The van der Waals surface area contributed by atoms with Gasteiger partial charge in [-0.05, 0) is 0 Å². The number of H-pyrrole nitrogens is 1. The first-order valence-electron chi connectivity index (χ1n) is 4.61. The van der Waals surface area contributed by atoms with Crippen molar-refractivity contribution in [3.8, 4) is 0 Å². The van der Waals surface area contributed by atoms with E-state index >= 15 is 0 Å². The monoisotopic (exact) mass is 180 g/mol. The molecule has 0 aliphatic carbocycles. The molecule has 0 unspecified atom stereocenters. The minimum atomic E-state index is 0.583. The number of hydrogen-bond donors (Lipinski definition) is 1. The summed E-state index contributed by atoms with van der Waals surface area (Å²) in [4.78, 5) is 2.45. The summed E-state index contributed by atoms with van der Waals surface area (Å²) in [6, 6.07) is 0.670. The minimum Gasteiger partial charge on any atom is -0.378 e.